The smallest absolute Gasteiger partial charge is 0.335 e. The van der Waals surface area contributed by atoms with E-state index in [0.29, 0.717) is 37.2 Å². The van der Waals surface area contributed by atoms with Crippen molar-refractivity contribution >= 4 is 11.9 Å². The second kappa shape index (κ2) is 8.51. The van der Waals surface area contributed by atoms with Gasteiger partial charge in [-0.2, -0.15) is 0 Å². The number of aryl methyl sites for hydroxylation is 1. The molecule has 0 amide bonds. The number of carbonyl (C=O) groups excluding carboxylic acids is 2. The highest BCUT2D eigenvalue weighted by Gasteiger charge is 2.70. The van der Waals surface area contributed by atoms with Gasteiger partial charge in [-0.25, -0.2) is 4.79 Å². The number of allylic oxidation sites excluding steroid dienone is 1. The van der Waals surface area contributed by atoms with E-state index in [1.807, 2.05) is 20.8 Å². The number of benzene rings is 1. The van der Waals surface area contributed by atoms with E-state index >= 15 is 0 Å². The Labute approximate surface area is 235 Å². The van der Waals surface area contributed by atoms with Crippen LogP contribution < -0.4 is 4.74 Å². The fraction of sp³-hybridized carbons (Fsp3) is 0.625. The minimum Gasteiger partial charge on any atom is -0.508 e. The molecule has 1 aromatic carbocycles. The molecule has 0 bridgehead atoms. The van der Waals surface area contributed by atoms with E-state index in [1.54, 1.807) is 19.1 Å². The minimum absolute atomic E-state index is 0.00872. The van der Waals surface area contributed by atoms with Gasteiger partial charge in [0.2, 0.25) is 5.60 Å². The number of hydrogen-bond acceptors (Lipinski definition) is 8. The Morgan fingerprint density at radius 3 is 2.45 bits per heavy atom. The first-order chi connectivity index (χ1) is 18.6. The molecule has 2 saturated heterocycles. The van der Waals surface area contributed by atoms with Gasteiger partial charge in [0.05, 0.1) is 18.6 Å². The predicted octanol–water partition coefficient (Wildman–Crippen LogP) is 4.82. The number of phenols is 1. The molecule has 4 heterocycles. The average Bonchev–Trinajstić information content (AvgIpc) is 3.07. The van der Waals surface area contributed by atoms with Gasteiger partial charge in [0.25, 0.3) is 0 Å². The Morgan fingerprint density at radius 2 is 1.70 bits per heavy atom. The molecule has 0 radical (unpaired) electrons. The molecule has 0 saturated carbocycles. The molecule has 0 unspecified atom stereocenters. The molecule has 4 aliphatic heterocycles. The molecule has 8 heteroatoms. The van der Waals surface area contributed by atoms with E-state index in [9.17, 15) is 19.8 Å². The normalized spacial score (nSPS) is 42.5. The van der Waals surface area contributed by atoms with Crippen LogP contribution in [-0.4, -0.2) is 50.7 Å². The Kier molecular flexibility index (Phi) is 5.78. The van der Waals surface area contributed by atoms with Crippen molar-refractivity contribution in [2.75, 3.05) is 0 Å². The molecule has 5 aliphatic rings. The van der Waals surface area contributed by atoms with Crippen molar-refractivity contribution in [3.63, 3.8) is 0 Å². The van der Waals surface area contributed by atoms with Gasteiger partial charge in [0.1, 0.15) is 22.7 Å². The number of rotatable bonds is 0. The summed E-state index contributed by atoms with van der Waals surface area (Å²) in [6, 6.07) is 3.39. The molecule has 2 N–H and O–H groups in total. The Balaban J connectivity index is 1.44. The van der Waals surface area contributed by atoms with Crippen LogP contribution in [0.4, 0.5) is 0 Å². The van der Waals surface area contributed by atoms with Crippen molar-refractivity contribution in [3.8, 4) is 11.5 Å². The van der Waals surface area contributed by atoms with E-state index in [4.69, 9.17) is 18.9 Å². The van der Waals surface area contributed by atoms with Crippen molar-refractivity contribution in [1.29, 1.82) is 0 Å². The highest BCUT2D eigenvalue weighted by atomic mass is 16.6. The predicted molar refractivity (Wildman–Crippen MR) is 145 cm³/mol. The molecular formula is C32H40O8. The molecule has 1 aromatic rings. The van der Waals surface area contributed by atoms with Gasteiger partial charge in [-0.05, 0) is 69.6 Å². The van der Waals surface area contributed by atoms with Crippen molar-refractivity contribution in [1.82, 2.24) is 0 Å². The number of fused-ring (bicyclic) bond motifs is 3. The summed E-state index contributed by atoms with van der Waals surface area (Å²) >= 11 is 0. The summed E-state index contributed by atoms with van der Waals surface area (Å²) in [5.41, 5.74) is -2.34. The zero-order valence-electron chi connectivity index (χ0n) is 24.2. The Bertz CT molecular complexity index is 1340. The minimum atomic E-state index is -1.24. The molecule has 40 heavy (non-hydrogen) atoms. The van der Waals surface area contributed by atoms with Gasteiger partial charge in [-0.15, -0.1) is 0 Å². The molecule has 8 nitrogen and oxygen atoms in total. The van der Waals surface area contributed by atoms with Crippen LogP contribution in [0.3, 0.4) is 0 Å². The molecule has 1 spiro atoms. The maximum Gasteiger partial charge on any atom is 0.335 e. The molecule has 2 fully saturated rings. The molecule has 216 valence electrons. The van der Waals surface area contributed by atoms with Crippen LogP contribution >= 0.6 is 0 Å². The van der Waals surface area contributed by atoms with E-state index in [1.165, 1.54) is 6.08 Å². The van der Waals surface area contributed by atoms with Crippen molar-refractivity contribution < 1.29 is 38.7 Å². The zero-order chi connectivity index (χ0) is 28.9. The van der Waals surface area contributed by atoms with Gasteiger partial charge >= 0.3 is 11.9 Å². The lowest BCUT2D eigenvalue weighted by atomic mass is 9.64. The summed E-state index contributed by atoms with van der Waals surface area (Å²) in [6.45, 7) is 12.0. The van der Waals surface area contributed by atoms with Crippen LogP contribution in [0.2, 0.25) is 0 Å². The third kappa shape index (κ3) is 3.97. The van der Waals surface area contributed by atoms with Crippen LogP contribution in [0.5, 0.6) is 11.5 Å². The van der Waals surface area contributed by atoms with Crippen LogP contribution in [-0.2, 0) is 30.2 Å². The summed E-state index contributed by atoms with van der Waals surface area (Å²) in [5, 5.41) is 22.4. The van der Waals surface area contributed by atoms with Crippen molar-refractivity contribution in [3.05, 3.63) is 47.2 Å². The fourth-order valence-electron chi connectivity index (χ4n) is 7.89. The summed E-state index contributed by atoms with van der Waals surface area (Å²) in [4.78, 5) is 25.2. The lowest BCUT2D eigenvalue weighted by Gasteiger charge is -2.55. The maximum atomic E-state index is 12.6. The summed E-state index contributed by atoms with van der Waals surface area (Å²) in [5.74, 6) is -0.207. The largest absolute Gasteiger partial charge is 0.508 e. The number of aliphatic hydroxyl groups is 1. The summed E-state index contributed by atoms with van der Waals surface area (Å²) in [6.07, 6.45) is 7.43. The van der Waals surface area contributed by atoms with Crippen LogP contribution in [0.1, 0.15) is 77.8 Å². The molecule has 0 aromatic heterocycles. The lowest BCUT2D eigenvalue weighted by molar-refractivity contribution is -0.224. The Hall–Kier alpha value is -3.00. The highest BCUT2D eigenvalue weighted by Crippen LogP contribution is 2.58. The standard InChI is InChI=1S/C32H40O8/c1-18-10-21(33)13-23-22(18)11-20-15-28(2,3)8-7-9-29(4)19(12-24(34)31(20,6)37-23)16-32-25(38-29)14-26(35)39-30(32,5)17-27(36)40-32/h7-8,10,13-14,19-20,24,33-34H,9,11-12,15-17H2,1-6H3/b8-7+/t19-,20+,24+,29+,30-,31+,32-/m1/s1. The number of carbonyl (C=O) groups is 2. The topological polar surface area (TPSA) is 112 Å². The second-order valence-electron chi connectivity index (χ2n) is 13.9. The molecular weight excluding hydrogens is 512 g/mol. The van der Waals surface area contributed by atoms with Gasteiger partial charge in [0, 0.05) is 30.7 Å². The second-order valence-corrected chi connectivity index (χ2v) is 13.9. The van der Waals surface area contributed by atoms with Gasteiger partial charge in [-0.1, -0.05) is 26.0 Å². The van der Waals surface area contributed by atoms with Crippen molar-refractivity contribution in [2.45, 2.75) is 109 Å². The molecule has 6 rings (SSSR count). The van der Waals surface area contributed by atoms with Crippen LogP contribution in [0, 0.1) is 24.2 Å². The fourth-order valence-corrected chi connectivity index (χ4v) is 7.89. The number of aliphatic hydroxyl groups excluding tert-OH is 1. The molecule has 7 atom stereocenters. The SMILES string of the molecule is Cc1cc(O)cc2c1C[C@H]1CC(C)(C)/C=C/C[C@]3(C)OC4=CC(=O)O[C@]5(C)CC(=O)O[C@]45C[C@H]3C[C@H](O)[C@@]1(C)O2. The monoisotopic (exact) mass is 552 g/mol. The third-order valence-electron chi connectivity index (χ3n) is 10.4. The quantitative estimate of drug-likeness (QED) is 0.348. The first-order valence-corrected chi connectivity index (χ1v) is 14.3. The maximum absolute atomic E-state index is 12.6. The first-order valence-electron chi connectivity index (χ1n) is 14.3. The van der Waals surface area contributed by atoms with Gasteiger partial charge < -0.3 is 29.2 Å². The number of phenolic OH excluding ortho intramolecular Hbond substituents is 1. The third-order valence-corrected chi connectivity index (χ3v) is 10.4. The highest BCUT2D eigenvalue weighted by molar-refractivity contribution is 5.87. The van der Waals surface area contributed by atoms with E-state index in [0.717, 1.165) is 17.5 Å². The number of ether oxygens (including phenoxy) is 4. The summed E-state index contributed by atoms with van der Waals surface area (Å²) < 4.78 is 25.0. The molecule has 1 aliphatic carbocycles. The lowest BCUT2D eigenvalue weighted by Crippen LogP contribution is -2.64. The van der Waals surface area contributed by atoms with E-state index in [-0.39, 0.29) is 29.4 Å². The number of aromatic hydroxyl groups is 1. The van der Waals surface area contributed by atoms with Gasteiger partial charge in [0.15, 0.2) is 11.4 Å². The number of esters is 2. The number of hydrogen-bond donors (Lipinski definition) is 2. The van der Waals surface area contributed by atoms with Crippen LogP contribution in [0.15, 0.2) is 36.1 Å². The summed E-state index contributed by atoms with van der Waals surface area (Å²) in [7, 11) is 0. The van der Waals surface area contributed by atoms with Crippen LogP contribution in [0.25, 0.3) is 0 Å². The van der Waals surface area contributed by atoms with Crippen molar-refractivity contribution in [2.24, 2.45) is 17.3 Å². The van der Waals surface area contributed by atoms with Gasteiger partial charge in [-0.3, -0.25) is 4.79 Å². The van der Waals surface area contributed by atoms with E-state index < -0.39 is 40.4 Å². The first kappa shape index (κ1) is 27.2. The van der Waals surface area contributed by atoms with E-state index in [2.05, 4.69) is 26.0 Å². The zero-order valence-corrected chi connectivity index (χ0v) is 24.2. The average molecular weight is 553 g/mol. The Morgan fingerprint density at radius 1 is 0.950 bits per heavy atom.